The SMILES string of the molecule is CCOC(=O)NCCCCC(NC(=O)OCC)C(=O)NC(C)NC(=O)C(C)N1C(=O)CC(SC)C1=O. The van der Waals surface area contributed by atoms with Crippen LogP contribution in [0.1, 0.15) is 53.4 Å². The lowest BCUT2D eigenvalue weighted by Gasteiger charge is -2.26. The summed E-state index contributed by atoms with van der Waals surface area (Å²) in [6.07, 6.45) is 0.891. The predicted octanol–water partition coefficient (Wildman–Crippen LogP) is 0.475. The summed E-state index contributed by atoms with van der Waals surface area (Å²) in [6, 6.07) is -1.99. The van der Waals surface area contributed by atoms with E-state index in [1.807, 2.05) is 0 Å². The summed E-state index contributed by atoms with van der Waals surface area (Å²) in [6.45, 7) is 7.00. The topological polar surface area (TPSA) is 172 Å². The van der Waals surface area contributed by atoms with E-state index < -0.39 is 59.3 Å². The van der Waals surface area contributed by atoms with Gasteiger partial charge in [0, 0.05) is 13.0 Å². The highest BCUT2D eigenvalue weighted by Crippen LogP contribution is 2.24. The minimum atomic E-state index is -1.04. The van der Waals surface area contributed by atoms with Gasteiger partial charge in [0.15, 0.2) is 0 Å². The maximum atomic E-state index is 12.8. The van der Waals surface area contributed by atoms with Crippen molar-refractivity contribution in [1.29, 1.82) is 0 Å². The van der Waals surface area contributed by atoms with Crippen molar-refractivity contribution in [1.82, 2.24) is 26.2 Å². The van der Waals surface area contributed by atoms with E-state index in [0.29, 0.717) is 19.4 Å². The largest absolute Gasteiger partial charge is 0.450 e. The van der Waals surface area contributed by atoms with Gasteiger partial charge < -0.3 is 30.7 Å². The molecule has 0 spiro atoms. The van der Waals surface area contributed by atoms with Gasteiger partial charge in [0.1, 0.15) is 12.1 Å². The number of carbonyl (C=O) groups is 6. The van der Waals surface area contributed by atoms with Gasteiger partial charge in [-0.3, -0.25) is 24.1 Å². The first-order chi connectivity index (χ1) is 17.0. The highest BCUT2D eigenvalue weighted by Gasteiger charge is 2.42. The van der Waals surface area contributed by atoms with Crippen LogP contribution in [0.5, 0.6) is 0 Å². The molecule has 1 rings (SSSR count). The van der Waals surface area contributed by atoms with Gasteiger partial charge in [0.2, 0.25) is 23.6 Å². The van der Waals surface area contributed by atoms with Gasteiger partial charge in [-0.15, -0.1) is 0 Å². The Hall–Kier alpha value is -3.03. The zero-order valence-electron chi connectivity index (χ0n) is 21.4. The fourth-order valence-electron chi connectivity index (χ4n) is 3.44. The summed E-state index contributed by atoms with van der Waals surface area (Å²) in [7, 11) is 0. The molecule has 1 aliphatic rings. The van der Waals surface area contributed by atoms with Crippen LogP contribution in [0, 0.1) is 0 Å². The molecule has 204 valence electrons. The van der Waals surface area contributed by atoms with Crippen molar-refractivity contribution < 1.29 is 38.2 Å². The molecule has 14 heteroatoms. The first-order valence-corrected chi connectivity index (χ1v) is 13.2. The number of thioether (sulfide) groups is 1. The Labute approximate surface area is 215 Å². The molecule has 1 fully saturated rings. The molecule has 0 saturated carbocycles. The number of carbonyl (C=O) groups excluding carboxylic acids is 6. The fourth-order valence-corrected chi connectivity index (χ4v) is 4.07. The standard InChI is InChI=1S/C22H37N5O8S/c1-6-34-21(32)23-11-9-8-10-15(26-22(33)35-7-2)19(30)25-14(4)24-18(29)13(3)27-17(28)12-16(36-5)20(27)31/h13-16H,6-12H2,1-5H3,(H,23,32)(H,24,29)(H,25,30)(H,26,33). The number of unbranched alkanes of at least 4 members (excludes halogenated alkanes) is 1. The molecular formula is C22H37N5O8S. The normalized spacial score (nSPS) is 17.6. The Balaban J connectivity index is 2.64. The van der Waals surface area contributed by atoms with E-state index in [2.05, 4.69) is 21.3 Å². The van der Waals surface area contributed by atoms with Crippen molar-refractivity contribution in [2.75, 3.05) is 26.0 Å². The smallest absolute Gasteiger partial charge is 0.407 e. The zero-order chi connectivity index (χ0) is 27.3. The quantitative estimate of drug-likeness (QED) is 0.141. The average Bonchev–Trinajstić information content (AvgIpc) is 3.10. The molecule has 4 N–H and O–H groups in total. The molecule has 4 unspecified atom stereocenters. The summed E-state index contributed by atoms with van der Waals surface area (Å²) in [4.78, 5) is 74.2. The van der Waals surface area contributed by atoms with E-state index in [0.717, 1.165) is 4.90 Å². The highest BCUT2D eigenvalue weighted by atomic mass is 32.2. The number of alkyl carbamates (subject to hydrolysis) is 2. The number of nitrogens with one attached hydrogen (secondary N) is 4. The fraction of sp³-hybridized carbons (Fsp3) is 0.727. The lowest BCUT2D eigenvalue weighted by molar-refractivity contribution is -0.146. The van der Waals surface area contributed by atoms with Gasteiger partial charge in [0.05, 0.1) is 24.6 Å². The molecule has 0 aromatic rings. The second-order valence-corrected chi connectivity index (χ2v) is 9.05. The molecule has 1 saturated heterocycles. The van der Waals surface area contributed by atoms with E-state index >= 15 is 0 Å². The average molecular weight is 532 g/mol. The molecule has 6 amide bonds. The lowest BCUT2D eigenvalue weighted by Crippen LogP contribution is -2.56. The molecule has 0 bridgehead atoms. The summed E-state index contributed by atoms with van der Waals surface area (Å²) >= 11 is 1.25. The maximum Gasteiger partial charge on any atom is 0.407 e. The Kier molecular flexibility index (Phi) is 13.7. The van der Waals surface area contributed by atoms with Crippen molar-refractivity contribution in [3.63, 3.8) is 0 Å². The molecule has 0 aromatic heterocycles. The van der Waals surface area contributed by atoms with Crippen LogP contribution < -0.4 is 21.3 Å². The minimum Gasteiger partial charge on any atom is -0.450 e. The number of hydrogen-bond acceptors (Lipinski definition) is 9. The predicted molar refractivity (Wildman–Crippen MR) is 132 cm³/mol. The summed E-state index contributed by atoms with van der Waals surface area (Å²) in [5.41, 5.74) is 0. The van der Waals surface area contributed by atoms with Crippen LogP contribution in [0.2, 0.25) is 0 Å². The number of imide groups is 1. The van der Waals surface area contributed by atoms with E-state index in [9.17, 15) is 28.8 Å². The molecule has 1 heterocycles. The number of likely N-dealkylation sites (tertiary alicyclic amines) is 1. The molecule has 4 atom stereocenters. The van der Waals surface area contributed by atoms with Crippen LogP contribution in [-0.4, -0.2) is 90.2 Å². The molecule has 0 aromatic carbocycles. The van der Waals surface area contributed by atoms with Gasteiger partial charge in [-0.2, -0.15) is 11.8 Å². The zero-order valence-corrected chi connectivity index (χ0v) is 22.2. The monoisotopic (exact) mass is 531 g/mol. The Morgan fingerprint density at radius 1 is 0.972 bits per heavy atom. The van der Waals surface area contributed by atoms with Gasteiger partial charge >= 0.3 is 12.2 Å². The third-order valence-electron chi connectivity index (χ3n) is 5.26. The van der Waals surface area contributed by atoms with Gasteiger partial charge in [0.25, 0.3) is 0 Å². The number of nitrogens with zero attached hydrogens (tertiary/aromatic N) is 1. The number of amides is 6. The third-order valence-corrected chi connectivity index (χ3v) is 6.20. The molecule has 0 radical (unpaired) electrons. The van der Waals surface area contributed by atoms with Crippen molar-refractivity contribution >= 4 is 47.6 Å². The van der Waals surface area contributed by atoms with Gasteiger partial charge in [-0.25, -0.2) is 9.59 Å². The first-order valence-electron chi connectivity index (χ1n) is 11.9. The van der Waals surface area contributed by atoms with Crippen LogP contribution in [0.25, 0.3) is 0 Å². The van der Waals surface area contributed by atoms with Crippen LogP contribution in [0.3, 0.4) is 0 Å². The van der Waals surface area contributed by atoms with Gasteiger partial charge in [-0.1, -0.05) is 0 Å². The summed E-state index contributed by atoms with van der Waals surface area (Å²) in [5.74, 6) is -2.00. The number of rotatable bonds is 14. The van der Waals surface area contributed by atoms with Crippen LogP contribution >= 0.6 is 11.8 Å². The molecular weight excluding hydrogens is 494 g/mol. The van der Waals surface area contributed by atoms with Crippen molar-refractivity contribution in [2.45, 2.75) is 76.9 Å². The second kappa shape index (κ2) is 15.9. The summed E-state index contributed by atoms with van der Waals surface area (Å²) < 4.78 is 9.63. The third kappa shape index (κ3) is 9.91. The number of ether oxygens (including phenoxy) is 2. The van der Waals surface area contributed by atoms with Crippen molar-refractivity contribution in [2.24, 2.45) is 0 Å². The van der Waals surface area contributed by atoms with E-state index in [-0.39, 0.29) is 26.1 Å². The first kappa shape index (κ1) is 31.0. The molecule has 13 nitrogen and oxygen atoms in total. The van der Waals surface area contributed by atoms with E-state index in [1.54, 1.807) is 20.1 Å². The Morgan fingerprint density at radius 3 is 2.17 bits per heavy atom. The van der Waals surface area contributed by atoms with Crippen LogP contribution in [-0.2, 0) is 28.7 Å². The molecule has 36 heavy (non-hydrogen) atoms. The minimum absolute atomic E-state index is 0.0421. The summed E-state index contributed by atoms with van der Waals surface area (Å²) in [5, 5.41) is 9.72. The Morgan fingerprint density at radius 2 is 1.58 bits per heavy atom. The van der Waals surface area contributed by atoms with Crippen molar-refractivity contribution in [3.8, 4) is 0 Å². The Bertz CT molecular complexity index is 811. The van der Waals surface area contributed by atoms with Crippen molar-refractivity contribution in [3.05, 3.63) is 0 Å². The second-order valence-electron chi connectivity index (χ2n) is 8.01. The molecule has 0 aliphatic carbocycles. The lowest BCUT2D eigenvalue weighted by atomic mass is 10.1. The van der Waals surface area contributed by atoms with E-state index in [4.69, 9.17) is 9.47 Å². The van der Waals surface area contributed by atoms with Crippen LogP contribution in [0.15, 0.2) is 0 Å². The van der Waals surface area contributed by atoms with Gasteiger partial charge in [-0.05, 0) is 53.2 Å². The maximum absolute atomic E-state index is 12.8. The molecule has 1 aliphatic heterocycles. The number of hydrogen-bond donors (Lipinski definition) is 4. The van der Waals surface area contributed by atoms with Crippen LogP contribution in [0.4, 0.5) is 9.59 Å². The highest BCUT2D eigenvalue weighted by molar-refractivity contribution is 8.00. The van der Waals surface area contributed by atoms with E-state index in [1.165, 1.54) is 25.6 Å².